The Morgan fingerprint density at radius 2 is 0.359 bits per heavy atom. The molecule has 4 aromatic heterocycles. The molecule has 0 aliphatic carbocycles. The van der Waals surface area contributed by atoms with Crippen molar-refractivity contribution in [2.24, 2.45) is 0 Å². The molecule has 0 spiro atoms. The van der Waals surface area contributed by atoms with Gasteiger partial charge in [0.15, 0.2) is 0 Å². The summed E-state index contributed by atoms with van der Waals surface area (Å²) in [6, 6.07) is 16.4. The Morgan fingerprint density at radius 1 is 0.228 bits per heavy atom. The number of nitrogens with zero attached hydrogens (tertiary/aromatic N) is 8. The second kappa shape index (κ2) is 31.2. The second-order valence-electron chi connectivity index (χ2n) is 27.6. The van der Waals surface area contributed by atoms with E-state index in [0.717, 1.165) is 44.5 Å². The third-order valence-corrected chi connectivity index (χ3v) is 23.4. The zero-order chi connectivity index (χ0) is 69.4. The molecule has 0 amide bonds. The molecular formula is C72H104N8O8S4. The van der Waals surface area contributed by atoms with E-state index in [2.05, 4.69) is 75.3 Å². The van der Waals surface area contributed by atoms with Crippen LogP contribution in [0.5, 0.6) is 0 Å². The molecule has 0 aliphatic rings. The van der Waals surface area contributed by atoms with E-state index in [0.29, 0.717) is 43.3 Å². The summed E-state index contributed by atoms with van der Waals surface area (Å²) in [5, 5.41) is 0. The van der Waals surface area contributed by atoms with Gasteiger partial charge in [-0.05, 0) is 138 Å². The van der Waals surface area contributed by atoms with Gasteiger partial charge in [0.2, 0.25) is 0 Å². The Kier molecular flexibility index (Phi) is 25.8. The van der Waals surface area contributed by atoms with Crippen molar-refractivity contribution >= 4 is 40.1 Å². The smallest absolute Gasteiger partial charge is 0.244 e. The monoisotopic (exact) mass is 1340 g/mol. The second-order valence-corrected chi connectivity index (χ2v) is 34.7. The van der Waals surface area contributed by atoms with Gasteiger partial charge in [0.25, 0.3) is 40.1 Å². The fraction of sp³-hybridized carbons (Fsp3) is 0.500. The number of rotatable bonds is 20. The van der Waals surface area contributed by atoms with Gasteiger partial charge < -0.3 is 0 Å². The SMILES string of the molecule is CC(C)c1cc(C(C)C)c(S(=O)(=O)n2ccnc2)c(C(C)C)c1.CC(C)c1cc(C(C)C)c(S(=O)(=O)n2ccnc2)c(C(C)C)c1.CC(C)c1cc(C(C)C)c(S(=O)(=O)n2ccnc2)c(C(C)C)c1.CC(C)c1cc(C(C)C)c(S(=O)(=O)n2ccnc2)c(C(C)C)c1. The fourth-order valence-corrected chi connectivity index (χ4v) is 17.9. The zero-order valence-electron chi connectivity index (χ0n) is 59.0. The van der Waals surface area contributed by atoms with E-state index in [1.54, 1.807) is 0 Å². The van der Waals surface area contributed by atoms with Crippen LogP contribution in [0.4, 0.5) is 0 Å². The van der Waals surface area contributed by atoms with Gasteiger partial charge in [-0.2, -0.15) is 0 Å². The third-order valence-electron chi connectivity index (χ3n) is 16.4. The summed E-state index contributed by atoms with van der Waals surface area (Å²) in [4.78, 5) is 17.3. The average Bonchev–Trinajstić information content (AvgIpc) is 1.72. The van der Waals surface area contributed by atoms with Crippen molar-refractivity contribution in [2.75, 3.05) is 0 Å². The van der Waals surface area contributed by atoms with E-state index in [4.69, 9.17) is 0 Å². The van der Waals surface area contributed by atoms with Gasteiger partial charge in [0, 0.05) is 49.6 Å². The maximum Gasteiger partial charge on any atom is 0.269 e. The minimum atomic E-state index is -3.64. The molecule has 4 aromatic carbocycles. The molecule has 0 bridgehead atoms. The summed E-state index contributed by atoms with van der Waals surface area (Å²) in [5.41, 5.74) is 11.8. The molecule has 0 unspecified atom stereocenters. The van der Waals surface area contributed by atoms with Gasteiger partial charge in [-0.15, -0.1) is 0 Å². The molecule has 0 aliphatic heterocycles. The van der Waals surface area contributed by atoms with Crippen molar-refractivity contribution in [1.29, 1.82) is 0 Å². The van der Waals surface area contributed by atoms with Crippen molar-refractivity contribution in [2.45, 2.75) is 257 Å². The molecule has 0 saturated heterocycles. The first kappa shape index (κ1) is 76.2. The molecule has 4 heterocycles. The van der Waals surface area contributed by atoms with Crippen LogP contribution in [-0.2, 0) is 40.1 Å². The number of aromatic nitrogens is 8. The molecule has 0 saturated carbocycles. The number of imidazole rings is 4. The third kappa shape index (κ3) is 17.3. The fourth-order valence-electron chi connectivity index (χ4n) is 10.7. The minimum Gasteiger partial charge on any atom is -0.244 e. The van der Waals surface area contributed by atoms with Crippen molar-refractivity contribution in [1.82, 2.24) is 35.8 Å². The largest absolute Gasteiger partial charge is 0.269 e. The van der Waals surface area contributed by atoms with Crippen molar-refractivity contribution in [3.8, 4) is 0 Å². The molecule has 16 nitrogen and oxygen atoms in total. The van der Waals surface area contributed by atoms with Crippen molar-refractivity contribution < 1.29 is 33.7 Å². The highest BCUT2D eigenvalue weighted by Gasteiger charge is 2.33. The van der Waals surface area contributed by atoms with E-state index >= 15 is 0 Å². The summed E-state index contributed by atoms with van der Waals surface area (Å²) >= 11 is 0. The lowest BCUT2D eigenvalue weighted by Gasteiger charge is -2.22. The van der Waals surface area contributed by atoms with Crippen LogP contribution in [0.1, 0.15) is 304 Å². The molecule has 92 heavy (non-hydrogen) atoms. The Labute approximate surface area is 553 Å². The lowest BCUT2D eigenvalue weighted by Crippen LogP contribution is -2.18. The Morgan fingerprint density at radius 3 is 0.446 bits per heavy atom. The first-order chi connectivity index (χ1) is 42.6. The molecule has 8 rings (SSSR count). The van der Waals surface area contributed by atoms with Crippen LogP contribution in [0.3, 0.4) is 0 Å². The lowest BCUT2D eigenvalue weighted by molar-refractivity contribution is 0.580. The van der Waals surface area contributed by atoms with Crippen LogP contribution in [0, 0.1) is 0 Å². The van der Waals surface area contributed by atoms with Crippen LogP contribution < -0.4 is 0 Å². The highest BCUT2D eigenvalue weighted by molar-refractivity contribution is 7.91. The van der Waals surface area contributed by atoms with Crippen LogP contribution in [0.25, 0.3) is 0 Å². The summed E-state index contributed by atoms with van der Waals surface area (Å²) < 4.78 is 110. The Bertz CT molecular complexity index is 3520. The normalized spacial score (nSPS) is 12.6. The van der Waals surface area contributed by atoms with Crippen LogP contribution >= 0.6 is 0 Å². The maximum absolute atomic E-state index is 13.1. The summed E-state index contributed by atoms with van der Waals surface area (Å²) in [7, 11) is -14.5. The van der Waals surface area contributed by atoms with Gasteiger partial charge in [-0.1, -0.05) is 215 Å². The van der Waals surface area contributed by atoms with E-state index in [1.807, 2.05) is 159 Å². The molecule has 8 aromatic rings. The highest BCUT2D eigenvalue weighted by atomic mass is 32.2. The van der Waals surface area contributed by atoms with Crippen molar-refractivity contribution in [3.63, 3.8) is 0 Å². The van der Waals surface area contributed by atoms with Gasteiger partial charge in [0.05, 0.1) is 19.6 Å². The molecule has 0 atom stereocenters. The number of hydrogen-bond donors (Lipinski definition) is 0. The molecule has 0 fully saturated rings. The molecule has 0 radical (unpaired) electrons. The zero-order valence-corrected chi connectivity index (χ0v) is 62.2. The number of benzene rings is 4. The Balaban J connectivity index is 0.000000223. The predicted octanol–water partition coefficient (Wildman–Crippen LogP) is 18.0. The van der Waals surface area contributed by atoms with E-state index in [9.17, 15) is 33.7 Å². The standard InChI is InChI=1S/4C18H26N2O2S/c4*1-12(2)15-9-16(13(3)4)18(17(10-15)14(5)6)23(21,22)20-8-7-19-11-20/h4*7-14H,1-6H3. The summed E-state index contributed by atoms with van der Waals surface area (Å²) in [5.74, 6) is 2.42. The van der Waals surface area contributed by atoms with Gasteiger partial charge in [-0.3, -0.25) is 0 Å². The maximum atomic E-state index is 13.1. The molecule has 0 N–H and O–H groups in total. The lowest BCUT2D eigenvalue weighted by atomic mass is 9.89. The number of hydrogen-bond acceptors (Lipinski definition) is 12. The van der Waals surface area contributed by atoms with Crippen LogP contribution in [0.15, 0.2) is 143 Å². The van der Waals surface area contributed by atoms with Crippen LogP contribution in [-0.4, -0.2) is 69.5 Å². The topological polar surface area (TPSA) is 208 Å². The van der Waals surface area contributed by atoms with Crippen LogP contribution in [0.2, 0.25) is 0 Å². The molecular weight excluding hydrogens is 1230 g/mol. The van der Waals surface area contributed by atoms with E-state index in [-0.39, 0.29) is 47.3 Å². The van der Waals surface area contributed by atoms with Crippen molar-refractivity contribution in [3.05, 3.63) is 190 Å². The summed E-state index contributed by atoms with van der Waals surface area (Å²) in [6.07, 6.45) is 17.3. The first-order valence-corrected chi connectivity index (χ1v) is 38.0. The molecule has 504 valence electrons. The Hall–Kier alpha value is -6.48. The van der Waals surface area contributed by atoms with E-state index in [1.165, 1.54) is 113 Å². The summed E-state index contributed by atoms with van der Waals surface area (Å²) in [6.45, 7) is 49.7. The van der Waals surface area contributed by atoms with Gasteiger partial charge >= 0.3 is 0 Å². The first-order valence-electron chi connectivity index (χ1n) is 32.3. The minimum absolute atomic E-state index is 0.125. The van der Waals surface area contributed by atoms with Gasteiger partial charge in [-0.25, -0.2) is 69.5 Å². The van der Waals surface area contributed by atoms with E-state index < -0.39 is 40.1 Å². The average molecular weight is 1340 g/mol. The quantitative estimate of drug-likeness (QED) is 0.0698. The highest BCUT2D eigenvalue weighted by Crippen LogP contribution is 2.41. The molecule has 20 heteroatoms. The van der Waals surface area contributed by atoms with Gasteiger partial charge in [0.1, 0.15) is 25.3 Å². The predicted molar refractivity (Wildman–Crippen MR) is 374 cm³/mol.